The summed E-state index contributed by atoms with van der Waals surface area (Å²) in [5, 5.41) is 0.519. The van der Waals surface area contributed by atoms with Gasteiger partial charge in [-0.2, -0.15) is 0 Å². The summed E-state index contributed by atoms with van der Waals surface area (Å²) in [5.74, 6) is -0.420. The topological polar surface area (TPSA) is 52.3 Å². The van der Waals surface area contributed by atoms with Gasteiger partial charge >= 0.3 is 5.97 Å². The Morgan fingerprint density at radius 3 is 2.61 bits per heavy atom. The van der Waals surface area contributed by atoms with Gasteiger partial charge in [0.1, 0.15) is 0 Å². The number of benzene rings is 1. The van der Waals surface area contributed by atoms with Crippen LogP contribution in [0.1, 0.15) is 43.0 Å². The number of halogens is 2. The second-order valence-corrected chi connectivity index (χ2v) is 4.84. The van der Waals surface area contributed by atoms with E-state index in [-0.39, 0.29) is 15.7 Å². The molecule has 0 radical (unpaired) electrons. The number of nitrogen functional groups attached to an aromatic ring is 1. The van der Waals surface area contributed by atoms with Crippen molar-refractivity contribution in [2.45, 2.75) is 32.6 Å². The number of hydrogen-bond donors (Lipinski definition) is 1. The van der Waals surface area contributed by atoms with E-state index in [4.69, 9.17) is 33.7 Å². The first-order valence-electron chi connectivity index (χ1n) is 5.98. The monoisotopic (exact) mass is 289 g/mol. The van der Waals surface area contributed by atoms with Crippen molar-refractivity contribution >= 4 is 34.9 Å². The molecule has 0 saturated carbocycles. The van der Waals surface area contributed by atoms with E-state index in [9.17, 15) is 4.79 Å². The summed E-state index contributed by atoms with van der Waals surface area (Å²) in [6.07, 6.45) is 4.23. The fourth-order valence-corrected chi connectivity index (χ4v) is 1.84. The number of esters is 1. The molecule has 0 saturated heterocycles. The molecule has 0 aromatic heterocycles. The zero-order chi connectivity index (χ0) is 13.5. The third-order valence-electron chi connectivity index (χ3n) is 2.52. The Hall–Kier alpha value is -0.930. The Morgan fingerprint density at radius 1 is 1.28 bits per heavy atom. The van der Waals surface area contributed by atoms with Gasteiger partial charge in [0.15, 0.2) is 0 Å². The van der Waals surface area contributed by atoms with Crippen molar-refractivity contribution in [2.75, 3.05) is 12.3 Å². The fraction of sp³-hybridized carbons (Fsp3) is 0.462. The van der Waals surface area contributed by atoms with Crippen molar-refractivity contribution in [3.05, 3.63) is 27.7 Å². The van der Waals surface area contributed by atoms with Gasteiger partial charge in [-0.05, 0) is 18.6 Å². The highest BCUT2D eigenvalue weighted by molar-refractivity contribution is 6.43. The SMILES string of the molecule is CCCCCCOC(=O)c1cc(N)c(Cl)c(Cl)c1. The van der Waals surface area contributed by atoms with Gasteiger partial charge in [-0.15, -0.1) is 0 Å². The third-order valence-corrected chi connectivity index (χ3v) is 3.34. The Kier molecular flexibility index (Phi) is 6.30. The molecule has 100 valence electrons. The summed E-state index contributed by atoms with van der Waals surface area (Å²) < 4.78 is 5.13. The number of ether oxygens (including phenoxy) is 1. The molecule has 0 fully saturated rings. The van der Waals surface area contributed by atoms with Crippen LogP contribution in [0.3, 0.4) is 0 Å². The summed E-state index contributed by atoms with van der Waals surface area (Å²) >= 11 is 11.7. The summed E-state index contributed by atoms with van der Waals surface area (Å²) in [7, 11) is 0. The van der Waals surface area contributed by atoms with Crippen LogP contribution in [0.15, 0.2) is 12.1 Å². The van der Waals surface area contributed by atoms with Crippen molar-refractivity contribution in [3.8, 4) is 0 Å². The lowest BCUT2D eigenvalue weighted by atomic mass is 10.2. The van der Waals surface area contributed by atoms with E-state index in [1.807, 2.05) is 0 Å². The molecule has 1 rings (SSSR count). The zero-order valence-corrected chi connectivity index (χ0v) is 11.9. The molecule has 0 bridgehead atoms. The molecule has 3 nitrogen and oxygen atoms in total. The molecule has 0 heterocycles. The maximum atomic E-state index is 11.7. The number of unbranched alkanes of at least 4 members (excludes halogenated alkanes) is 3. The summed E-state index contributed by atoms with van der Waals surface area (Å²) in [6, 6.07) is 2.94. The first-order valence-corrected chi connectivity index (χ1v) is 6.73. The third kappa shape index (κ3) is 4.39. The molecule has 1 aromatic carbocycles. The van der Waals surface area contributed by atoms with E-state index in [0.29, 0.717) is 12.2 Å². The number of nitrogens with two attached hydrogens (primary N) is 1. The summed E-state index contributed by atoms with van der Waals surface area (Å²) in [5.41, 5.74) is 6.24. The minimum atomic E-state index is -0.420. The minimum absolute atomic E-state index is 0.259. The van der Waals surface area contributed by atoms with Gasteiger partial charge in [0, 0.05) is 0 Å². The van der Waals surface area contributed by atoms with Gasteiger partial charge in [-0.1, -0.05) is 49.4 Å². The number of hydrogen-bond acceptors (Lipinski definition) is 3. The largest absolute Gasteiger partial charge is 0.462 e. The van der Waals surface area contributed by atoms with Crippen LogP contribution in [-0.2, 0) is 4.74 Å². The summed E-state index contributed by atoms with van der Waals surface area (Å²) in [4.78, 5) is 11.7. The van der Waals surface area contributed by atoms with Crippen LogP contribution in [-0.4, -0.2) is 12.6 Å². The van der Waals surface area contributed by atoms with Gasteiger partial charge in [-0.3, -0.25) is 0 Å². The molecule has 0 unspecified atom stereocenters. The molecular formula is C13H17Cl2NO2. The Balaban J connectivity index is 2.52. The maximum Gasteiger partial charge on any atom is 0.338 e. The first-order chi connectivity index (χ1) is 8.56. The van der Waals surface area contributed by atoms with Crippen molar-refractivity contribution in [1.29, 1.82) is 0 Å². The molecule has 5 heteroatoms. The number of carbonyl (C=O) groups excluding carboxylic acids is 1. The van der Waals surface area contributed by atoms with Gasteiger partial charge in [0.25, 0.3) is 0 Å². The lowest BCUT2D eigenvalue weighted by Crippen LogP contribution is -2.07. The van der Waals surface area contributed by atoms with E-state index in [1.165, 1.54) is 12.1 Å². The fourth-order valence-electron chi connectivity index (χ4n) is 1.51. The number of anilines is 1. The normalized spacial score (nSPS) is 10.4. The number of carbonyl (C=O) groups is 1. The van der Waals surface area contributed by atoms with Gasteiger partial charge in [0.05, 0.1) is 27.9 Å². The van der Waals surface area contributed by atoms with E-state index in [1.54, 1.807) is 0 Å². The number of rotatable bonds is 6. The standard InChI is InChI=1S/C13H17Cl2NO2/c1-2-3-4-5-6-18-13(17)9-7-10(14)12(15)11(16)8-9/h7-8H,2-6,16H2,1H3. The molecule has 0 aliphatic rings. The van der Waals surface area contributed by atoms with Crippen LogP contribution in [0, 0.1) is 0 Å². The lowest BCUT2D eigenvalue weighted by Gasteiger charge is -2.07. The Bertz CT molecular complexity index is 398. The van der Waals surface area contributed by atoms with Crippen LogP contribution in [0.4, 0.5) is 5.69 Å². The highest BCUT2D eigenvalue weighted by Gasteiger charge is 2.12. The van der Waals surface area contributed by atoms with Crippen LogP contribution in [0.2, 0.25) is 10.0 Å². The van der Waals surface area contributed by atoms with E-state index >= 15 is 0 Å². The van der Waals surface area contributed by atoms with Crippen molar-refractivity contribution in [3.63, 3.8) is 0 Å². The second kappa shape index (κ2) is 7.49. The highest BCUT2D eigenvalue weighted by atomic mass is 35.5. The van der Waals surface area contributed by atoms with Crippen molar-refractivity contribution < 1.29 is 9.53 Å². The van der Waals surface area contributed by atoms with E-state index in [0.717, 1.165) is 25.7 Å². The molecule has 0 spiro atoms. The highest BCUT2D eigenvalue weighted by Crippen LogP contribution is 2.29. The Morgan fingerprint density at radius 2 is 2.00 bits per heavy atom. The molecule has 0 aliphatic heterocycles. The van der Waals surface area contributed by atoms with Gasteiger partial charge in [0.2, 0.25) is 0 Å². The van der Waals surface area contributed by atoms with Gasteiger partial charge < -0.3 is 10.5 Å². The molecular weight excluding hydrogens is 273 g/mol. The van der Waals surface area contributed by atoms with Crippen LogP contribution in [0.25, 0.3) is 0 Å². The van der Waals surface area contributed by atoms with Crippen LogP contribution < -0.4 is 5.73 Å². The average Bonchev–Trinajstić information content (AvgIpc) is 2.34. The summed E-state index contributed by atoms with van der Waals surface area (Å²) in [6.45, 7) is 2.55. The van der Waals surface area contributed by atoms with E-state index in [2.05, 4.69) is 6.92 Å². The van der Waals surface area contributed by atoms with Crippen molar-refractivity contribution in [1.82, 2.24) is 0 Å². The maximum absolute atomic E-state index is 11.7. The molecule has 0 amide bonds. The average molecular weight is 290 g/mol. The second-order valence-electron chi connectivity index (χ2n) is 4.06. The van der Waals surface area contributed by atoms with Gasteiger partial charge in [-0.25, -0.2) is 4.79 Å². The molecule has 0 atom stereocenters. The van der Waals surface area contributed by atoms with Crippen LogP contribution >= 0.6 is 23.2 Å². The minimum Gasteiger partial charge on any atom is -0.462 e. The van der Waals surface area contributed by atoms with Crippen LogP contribution in [0.5, 0.6) is 0 Å². The predicted octanol–water partition coefficient (Wildman–Crippen LogP) is 4.31. The quantitative estimate of drug-likeness (QED) is 0.482. The van der Waals surface area contributed by atoms with Crippen molar-refractivity contribution in [2.24, 2.45) is 0 Å². The Labute approximate surface area is 117 Å². The molecule has 1 aromatic rings. The predicted molar refractivity (Wildman–Crippen MR) is 75.3 cm³/mol. The smallest absolute Gasteiger partial charge is 0.338 e. The van der Waals surface area contributed by atoms with E-state index < -0.39 is 5.97 Å². The lowest BCUT2D eigenvalue weighted by molar-refractivity contribution is 0.0498. The first kappa shape index (κ1) is 15.1. The molecule has 0 aliphatic carbocycles. The molecule has 18 heavy (non-hydrogen) atoms. The zero-order valence-electron chi connectivity index (χ0n) is 10.3. The molecule has 2 N–H and O–H groups in total.